The van der Waals surface area contributed by atoms with E-state index in [-0.39, 0.29) is 0 Å². The van der Waals surface area contributed by atoms with Crippen LogP contribution in [0.2, 0.25) is 0 Å². The van der Waals surface area contributed by atoms with Crippen LogP contribution in [0, 0.1) is 0 Å². The summed E-state index contributed by atoms with van der Waals surface area (Å²) in [5.74, 6) is 2.65. The van der Waals surface area contributed by atoms with E-state index in [0.717, 1.165) is 11.4 Å². The van der Waals surface area contributed by atoms with Gasteiger partial charge in [0.25, 0.3) is 0 Å². The van der Waals surface area contributed by atoms with Gasteiger partial charge >= 0.3 is 0 Å². The van der Waals surface area contributed by atoms with Crippen molar-refractivity contribution in [1.82, 2.24) is 0 Å². The van der Waals surface area contributed by atoms with Gasteiger partial charge in [0.15, 0.2) is 5.11 Å². The van der Waals surface area contributed by atoms with Crippen LogP contribution in [0.25, 0.3) is 0 Å². The topological polar surface area (TPSA) is 61.0 Å². The lowest BCUT2D eigenvalue weighted by atomic mass is 10.2. The molecule has 0 radical (unpaired) electrons. The minimum atomic E-state index is 0.405. The molecule has 0 spiro atoms. The molecular formula is C17H20N2O4S. The highest BCUT2D eigenvalue weighted by atomic mass is 32.1. The second kappa shape index (κ2) is 8.26. The van der Waals surface area contributed by atoms with Crippen LogP contribution in [0.3, 0.4) is 0 Å². The van der Waals surface area contributed by atoms with E-state index < -0.39 is 0 Å². The molecular weight excluding hydrogens is 328 g/mol. The van der Waals surface area contributed by atoms with Gasteiger partial charge in [0, 0.05) is 12.1 Å². The van der Waals surface area contributed by atoms with E-state index in [1.165, 1.54) is 0 Å². The molecule has 2 aromatic carbocycles. The van der Waals surface area contributed by atoms with Gasteiger partial charge in [-0.15, -0.1) is 0 Å². The summed E-state index contributed by atoms with van der Waals surface area (Å²) in [6, 6.07) is 10.9. The van der Waals surface area contributed by atoms with Gasteiger partial charge < -0.3 is 29.6 Å². The number of benzene rings is 2. The Kier molecular flexibility index (Phi) is 6.08. The van der Waals surface area contributed by atoms with Crippen molar-refractivity contribution >= 4 is 28.7 Å². The number of nitrogens with one attached hydrogen (secondary N) is 2. The van der Waals surface area contributed by atoms with Gasteiger partial charge in [-0.2, -0.15) is 0 Å². The minimum absolute atomic E-state index is 0.405. The van der Waals surface area contributed by atoms with E-state index in [1.54, 1.807) is 40.6 Å². The van der Waals surface area contributed by atoms with Gasteiger partial charge in [-0.05, 0) is 36.5 Å². The third kappa shape index (κ3) is 4.20. The Balaban J connectivity index is 2.14. The first-order valence-electron chi connectivity index (χ1n) is 7.13. The number of thiocarbonyl (C=S) groups is 1. The fraction of sp³-hybridized carbons (Fsp3) is 0.235. The first-order valence-corrected chi connectivity index (χ1v) is 7.54. The number of rotatable bonds is 6. The van der Waals surface area contributed by atoms with Gasteiger partial charge in [-0.1, -0.05) is 0 Å². The molecule has 0 amide bonds. The fourth-order valence-corrected chi connectivity index (χ4v) is 2.30. The van der Waals surface area contributed by atoms with Crippen molar-refractivity contribution in [2.45, 2.75) is 0 Å². The van der Waals surface area contributed by atoms with E-state index in [9.17, 15) is 0 Å². The van der Waals surface area contributed by atoms with E-state index in [2.05, 4.69) is 10.6 Å². The molecule has 24 heavy (non-hydrogen) atoms. The summed E-state index contributed by atoms with van der Waals surface area (Å²) < 4.78 is 21.0. The molecule has 0 fully saturated rings. The highest BCUT2D eigenvalue weighted by Gasteiger charge is 2.10. The van der Waals surface area contributed by atoms with Crippen LogP contribution < -0.4 is 29.6 Å². The maximum atomic E-state index is 5.36. The van der Waals surface area contributed by atoms with Crippen molar-refractivity contribution < 1.29 is 18.9 Å². The molecule has 128 valence electrons. The summed E-state index contributed by atoms with van der Waals surface area (Å²) in [6.07, 6.45) is 0. The zero-order chi connectivity index (χ0) is 17.5. The Bertz CT molecular complexity index is 662. The summed E-state index contributed by atoms with van der Waals surface area (Å²) in [5, 5.41) is 6.59. The van der Waals surface area contributed by atoms with Crippen molar-refractivity contribution in [3.05, 3.63) is 36.4 Å². The highest BCUT2D eigenvalue weighted by Crippen LogP contribution is 2.31. The summed E-state index contributed by atoms with van der Waals surface area (Å²) in [4.78, 5) is 0. The second-order valence-electron chi connectivity index (χ2n) is 4.71. The highest BCUT2D eigenvalue weighted by molar-refractivity contribution is 7.80. The molecule has 2 N–H and O–H groups in total. The predicted molar refractivity (Wildman–Crippen MR) is 98.9 cm³/mol. The van der Waals surface area contributed by atoms with Gasteiger partial charge in [0.1, 0.15) is 23.0 Å². The van der Waals surface area contributed by atoms with E-state index >= 15 is 0 Å². The molecule has 0 heterocycles. The quantitative estimate of drug-likeness (QED) is 0.774. The Morgan fingerprint density at radius 2 is 1.12 bits per heavy atom. The first kappa shape index (κ1) is 17.7. The van der Waals surface area contributed by atoms with Crippen molar-refractivity contribution in [3.8, 4) is 23.0 Å². The van der Waals surface area contributed by atoms with Gasteiger partial charge in [-0.25, -0.2) is 0 Å². The normalized spacial score (nSPS) is 9.83. The number of hydrogen-bond acceptors (Lipinski definition) is 5. The van der Waals surface area contributed by atoms with Gasteiger partial charge in [0.05, 0.1) is 39.8 Å². The fourth-order valence-electron chi connectivity index (χ4n) is 2.08. The van der Waals surface area contributed by atoms with Gasteiger partial charge in [0.2, 0.25) is 0 Å². The van der Waals surface area contributed by atoms with E-state index in [4.69, 9.17) is 31.2 Å². The number of anilines is 2. The third-order valence-electron chi connectivity index (χ3n) is 3.31. The molecule has 0 saturated heterocycles. The lowest BCUT2D eigenvalue weighted by Gasteiger charge is -2.16. The average molecular weight is 348 g/mol. The molecule has 0 aliphatic carbocycles. The summed E-state index contributed by atoms with van der Waals surface area (Å²) in [6.45, 7) is 0. The molecule has 0 aromatic heterocycles. The molecule has 2 rings (SSSR count). The molecule has 7 heteroatoms. The zero-order valence-electron chi connectivity index (χ0n) is 14.0. The molecule has 0 unspecified atom stereocenters. The Morgan fingerprint density at radius 1 is 0.708 bits per heavy atom. The Labute approximate surface area is 146 Å². The molecule has 6 nitrogen and oxygen atoms in total. The number of methoxy groups -OCH3 is 4. The zero-order valence-corrected chi connectivity index (χ0v) is 14.8. The van der Waals surface area contributed by atoms with Crippen molar-refractivity contribution in [3.63, 3.8) is 0 Å². The molecule has 0 aliphatic rings. The maximum absolute atomic E-state index is 5.36. The largest absolute Gasteiger partial charge is 0.497 e. The van der Waals surface area contributed by atoms with E-state index in [1.807, 2.05) is 24.3 Å². The van der Waals surface area contributed by atoms with Crippen LogP contribution in [0.15, 0.2) is 36.4 Å². The van der Waals surface area contributed by atoms with Crippen LogP contribution in [0.5, 0.6) is 23.0 Å². The molecule has 0 aliphatic heterocycles. The minimum Gasteiger partial charge on any atom is -0.497 e. The van der Waals surface area contributed by atoms with Crippen LogP contribution in [-0.4, -0.2) is 33.6 Å². The van der Waals surface area contributed by atoms with Crippen LogP contribution in [-0.2, 0) is 0 Å². The van der Waals surface area contributed by atoms with Crippen LogP contribution >= 0.6 is 12.2 Å². The average Bonchev–Trinajstić information content (AvgIpc) is 2.62. The standard InChI is InChI=1S/C17H20N2O4S/c1-20-11-5-7-13(15(9-11)22-3)18-17(24)19-14-8-6-12(21-2)10-16(14)23-4/h5-10H,1-4H3,(H2,18,19,24). The lowest BCUT2D eigenvalue weighted by molar-refractivity contribution is 0.395. The summed E-state index contributed by atoms with van der Waals surface area (Å²) >= 11 is 5.36. The number of hydrogen-bond donors (Lipinski definition) is 2. The predicted octanol–water partition coefficient (Wildman–Crippen LogP) is 3.53. The molecule has 0 atom stereocenters. The first-order chi connectivity index (χ1) is 11.6. The lowest BCUT2D eigenvalue weighted by Crippen LogP contribution is -2.20. The van der Waals surface area contributed by atoms with Crippen LogP contribution in [0.1, 0.15) is 0 Å². The Hall–Kier alpha value is -2.67. The summed E-state index contributed by atoms with van der Waals surface area (Å²) in [5.41, 5.74) is 1.45. The monoisotopic (exact) mass is 348 g/mol. The SMILES string of the molecule is COc1ccc(NC(=S)Nc2ccc(OC)cc2OC)c(OC)c1. The second-order valence-corrected chi connectivity index (χ2v) is 5.12. The van der Waals surface area contributed by atoms with E-state index in [0.29, 0.717) is 28.1 Å². The van der Waals surface area contributed by atoms with Crippen molar-refractivity contribution in [2.75, 3.05) is 39.1 Å². The molecule has 0 bridgehead atoms. The molecule has 2 aromatic rings. The van der Waals surface area contributed by atoms with Crippen molar-refractivity contribution in [2.24, 2.45) is 0 Å². The Morgan fingerprint density at radius 3 is 1.46 bits per heavy atom. The smallest absolute Gasteiger partial charge is 0.175 e. The summed E-state index contributed by atoms with van der Waals surface area (Å²) in [7, 11) is 6.37. The third-order valence-corrected chi connectivity index (χ3v) is 3.52. The maximum Gasteiger partial charge on any atom is 0.175 e. The van der Waals surface area contributed by atoms with Crippen molar-refractivity contribution in [1.29, 1.82) is 0 Å². The molecule has 0 saturated carbocycles. The van der Waals surface area contributed by atoms with Crippen LogP contribution in [0.4, 0.5) is 11.4 Å². The van der Waals surface area contributed by atoms with Gasteiger partial charge in [-0.3, -0.25) is 0 Å². The number of ether oxygens (including phenoxy) is 4.